The standard InChI is InChI=1S/C30H33FN4O2SSi.C24H19FN4O2S/c1-4-39(5-2,6-3)18-11-27-33-26-20-22(35-13-15-37-16-14-35)8-9-23(26)28(34-27)24-19-21(7-10-25(24)31)29(36)30-32-12-17-38-30;1-2-21-27-20-14-16(29-8-10-31-11-9-29)4-5-17(20)22(28-21)18-13-15(3-6-19(18)25)23(30)24-26-7-12-32-24/h7-10,12,17,19-20,29,36H,4-6,13-16H2,1-3H3;1,3-7,12-14,23,30H,8-11H2. The topological polar surface area (TPSA) is 143 Å². The Kier molecular flexibility index (Phi) is 15.5. The number of anilines is 2. The molecule has 362 valence electrons. The van der Waals surface area contributed by atoms with Gasteiger partial charge in [0.2, 0.25) is 11.6 Å². The lowest BCUT2D eigenvalue weighted by atomic mass is 10.0. The van der Waals surface area contributed by atoms with Gasteiger partial charge in [-0.05, 0) is 102 Å². The quantitative estimate of drug-likeness (QED) is 0.0941. The molecule has 2 aliphatic rings. The number of hydrogen-bond acceptors (Lipinski definition) is 14. The van der Waals surface area contributed by atoms with Crippen LogP contribution in [0.5, 0.6) is 0 Å². The maximum atomic E-state index is 15.4. The minimum atomic E-state index is -1.74. The van der Waals surface area contributed by atoms with Crippen LogP contribution in [0.4, 0.5) is 20.2 Å². The van der Waals surface area contributed by atoms with E-state index in [1.54, 1.807) is 42.0 Å². The fraction of sp³-hybridized carbons (Fsp3) is 0.296. The van der Waals surface area contributed by atoms with Crippen LogP contribution in [0.15, 0.2) is 96.0 Å². The zero-order valence-corrected chi connectivity index (χ0v) is 42.2. The fourth-order valence-electron chi connectivity index (χ4n) is 8.82. The van der Waals surface area contributed by atoms with Gasteiger partial charge >= 0.3 is 0 Å². The van der Waals surface area contributed by atoms with Crippen LogP contribution in [0.3, 0.4) is 0 Å². The molecule has 0 amide bonds. The highest BCUT2D eigenvalue weighted by Crippen LogP contribution is 2.36. The van der Waals surface area contributed by atoms with Gasteiger partial charge in [0, 0.05) is 82.6 Å². The van der Waals surface area contributed by atoms with E-state index < -0.39 is 31.9 Å². The monoisotopic (exact) mass is 1010 g/mol. The van der Waals surface area contributed by atoms with Gasteiger partial charge in [-0.25, -0.2) is 38.7 Å². The van der Waals surface area contributed by atoms with Crippen LogP contribution in [-0.2, 0) is 9.47 Å². The van der Waals surface area contributed by atoms with Crippen molar-refractivity contribution in [1.82, 2.24) is 29.9 Å². The van der Waals surface area contributed by atoms with Gasteiger partial charge in [-0.1, -0.05) is 32.9 Å². The lowest BCUT2D eigenvalue weighted by Gasteiger charge is -2.29. The number of aliphatic hydroxyl groups excluding tert-OH is 2. The summed E-state index contributed by atoms with van der Waals surface area (Å²) in [4.78, 5) is 31.4. The Morgan fingerprint density at radius 3 is 1.51 bits per heavy atom. The first-order chi connectivity index (χ1) is 34.6. The van der Waals surface area contributed by atoms with Crippen LogP contribution in [0.2, 0.25) is 18.1 Å². The van der Waals surface area contributed by atoms with Gasteiger partial charge in [0.25, 0.3) is 0 Å². The number of benzene rings is 4. The number of terminal acetylenes is 1. The molecular formula is C54H52F2N8O4S2Si. The normalized spacial score (nSPS) is 14.8. The molecule has 2 N–H and O–H groups in total. The second-order valence-corrected chi connectivity index (χ2v) is 23.9. The number of thiazole rings is 2. The minimum Gasteiger partial charge on any atom is -0.381 e. The van der Waals surface area contributed by atoms with Gasteiger partial charge in [0.15, 0.2) is 0 Å². The minimum absolute atomic E-state index is 0.178. The zero-order chi connectivity index (χ0) is 49.5. The van der Waals surface area contributed by atoms with E-state index in [1.807, 2.05) is 41.8 Å². The van der Waals surface area contributed by atoms with Gasteiger partial charge in [-0.3, -0.25) is 0 Å². The first-order valence-corrected chi connectivity index (χ1v) is 28.0. The van der Waals surface area contributed by atoms with Crippen LogP contribution < -0.4 is 9.80 Å². The van der Waals surface area contributed by atoms with Crippen LogP contribution in [0, 0.1) is 35.4 Å². The van der Waals surface area contributed by atoms with Crippen molar-refractivity contribution in [3.05, 3.63) is 140 Å². The Morgan fingerprint density at radius 2 is 1.08 bits per heavy atom. The molecule has 12 nitrogen and oxygen atoms in total. The Balaban J connectivity index is 0.000000179. The number of hydrogen-bond donors (Lipinski definition) is 2. The smallest absolute Gasteiger partial charge is 0.205 e. The van der Waals surface area contributed by atoms with E-state index in [0.717, 1.165) is 66.6 Å². The van der Waals surface area contributed by atoms with Crippen molar-refractivity contribution in [1.29, 1.82) is 0 Å². The first kappa shape index (κ1) is 49.4. The molecule has 4 aromatic heterocycles. The highest BCUT2D eigenvalue weighted by atomic mass is 32.1. The number of halogens is 2. The van der Waals surface area contributed by atoms with E-state index in [9.17, 15) is 14.6 Å². The van der Waals surface area contributed by atoms with Gasteiger partial charge in [0.05, 0.1) is 48.8 Å². The van der Waals surface area contributed by atoms with E-state index in [-0.39, 0.29) is 11.4 Å². The van der Waals surface area contributed by atoms with Crippen molar-refractivity contribution in [3.8, 4) is 46.3 Å². The van der Waals surface area contributed by atoms with Crippen molar-refractivity contribution in [2.45, 2.75) is 51.1 Å². The third-order valence-corrected chi connectivity index (χ3v) is 19.6. The Bertz CT molecular complexity index is 3250. The predicted molar refractivity (Wildman–Crippen MR) is 280 cm³/mol. The zero-order valence-electron chi connectivity index (χ0n) is 39.6. The summed E-state index contributed by atoms with van der Waals surface area (Å²) in [7, 11) is -1.74. The predicted octanol–water partition coefficient (Wildman–Crippen LogP) is 10.0. The second kappa shape index (κ2) is 22.3. The highest BCUT2D eigenvalue weighted by molar-refractivity contribution is 7.09. The fourth-order valence-corrected chi connectivity index (χ4v) is 12.5. The SMILES string of the molecule is C#Cc1nc(-c2cc(C(O)c3nccs3)ccc2F)c2ccc(N3CCOCC3)cc2n1.CC[Si](C#Cc1nc(-c2cc(C(O)c3nccs3)ccc2F)c2ccc(N3CCOCC3)cc2n1)(CC)CC. The molecule has 2 unspecified atom stereocenters. The van der Waals surface area contributed by atoms with E-state index >= 15 is 4.39 Å². The van der Waals surface area contributed by atoms with E-state index in [0.29, 0.717) is 81.2 Å². The average Bonchev–Trinajstić information content (AvgIpc) is 4.18. The number of fused-ring (bicyclic) bond motifs is 2. The molecule has 17 heteroatoms. The number of morpholine rings is 2. The van der Waals surface area contributed by atoms with Gasteiger partial charge in [-0.2, -0.15) is 0 Å². The Labute approximate surface area is 420 Å². The molecule has 8 aromatic rings. The second-order valence-electron chi connectivity index (χ2n) is 17.2. The number of rotatable bonds is 11. The average molecular weight is 1010 g/mol. The number of ether oxygens (including phenoxy) is 2. The number of nitrogens with zero attached hydrogens (tertiary/aromatic N) is 8. The van der Waals surface area contributed by atoms with Gasteiger partial charge in [-0.15, -0.1) is 34.6 Å². The van der Waals surface area contributed by atoms with Crippen LogP contribution >= 0.6 is 22.7 Å². The summed E-state index contributed by atoms with van der Waals surface area (Å²) in [6.07, 6.45) is 6.97. The number of aromatic nitrogens is 6. The van der Waals surface area contributed by atoms with Gasteiger partial charge in [0.1, 0.15) is 41.9 Å². The lowest BCUT2D eigenvalue weighted by Crippen LogP contribution is -2.36. The molecule has 0 bridgehead atoms. The number of aliphatic hydroxyl groups is 2. The van der Waals surface area contributed by atoms with Crippen molar-refractivity contribution >= 4 is 63.9 Å². The van der Waals surface area contributed by atoms with E-state index in [1.165, 1.54) is 34.8 Å². The molecule has 4 aromatic carbocycles. The van der Waals surface area contributed by atoms with Gasteiger partial charge < -0.3 is 29.5 Å². The molecule has 71 heavy (non-hydrogen) atoms. The Morgan fingerprint density at radius 1 is 0.634 bits per heavy atom. The molecule has 2 aliphatic heterocycles. The molecule has 0 spiro atoms. The maximum absolute atomic E-state index is 15.4. The van der Waals surface area contributed by atoms with Crippen molar-refractivity contribution in [2.75, 3.05) is 62.4 Å². The molecule has 2 atom stereocenters. The largest absolute Gasteiger partial charge is 0.381 e. The summed E-state index contributed by atoms with van der Waals surface area (Å²) < 4.78 is 41.3. The molecule has 6 heterocycles. The Hall–Kier alpha value is -6.54. The third-order valence-electron chi connectivity index (χ3n) is 13.2. The summed E-state index contributed by atoms with van der Waals surface area (Å²) >= 11 is 2.69. The van der Waals surface area contributed by atoms with E-state index in [2.05, 4.69) is 67.9 Å². The summed E-state index contributed by atoms with van der Waals surface area (Å²) in [5.41, 5.74) is 9.48. The van der Waals surface area contributed by atoms with E-state index in [4.69, 9.17) is 25.9 Å². The van der Waals surface area contributed by atoms with Crippen LogP contribution in [-0.4, -0.2) is 101 Å². The molecule has 0 saturated carbocycles. The molecule has 0 aliphatic carbocycles. The molecule has 10 rings (SSSR count). The molecule has 0 radical (unpaired) electrons. The highest BCUT2D eigenvalue weighted by Gasteiger charge is 2.26. The van der Waals surface area contributed by atoms with Crippen molar-refractivity contribution in [2.24, 2.45) is 0 Å². The molecular weight excluding hydrogens is 955 g/mol. The maximum Gasteiger partial charge on any atom is 0.205 e. The lowest BCUT2D eigenvalue weighted by molar-refractivity contribution is 0.122. The molecule has 2 saturated heterocycles. The molecule has 2 fully saturated rings. The van der Waals surface area contributed by atoms with Crippen LogP contribution in [0.25, 0.3) is 44.3 Å². The van der Waals surface area contributed by atoms with Crippen molar-refractivity contribution in [3.63, 3.8) is 0 Å². The first-order valence-electron chi connectivity index (χ1n) is 23.6. The summed E-state index contributed by atoms with van der Waals surface area (Å²) in [5.74, 6) is 5.47. The summed E-state index contributed by atoms with van der Waals surface area (Å²) in [6, 6.07) is 24.1. The summed E-state index contributed by atoms with van der Waals surface area (Å²) in [6.45, 7) is 12.5. The van der Waals surface area contributed by atoms with Crippen LogP contribution in [0.1, 0.15) is 65.8 Å². The summed E-state index contributed by atoms with van der Waals surface area (Å²) in [5, 5.41) is 27.7. The third kappa shape index (κ3) is 10.9. The van der Waals surface area contributed by atoms with Crippen molar-refractivity contribution < 1.29 is 28.5 Å².